The van der Waals surface area contributed by atoms with Crippen molar-refractivity contribution in [1.82, 2.24) is 0 Å². The van der Waals surface area contributed by atoms with Crippen LogP contribution in [-0.4, -0.2) is 34.2 Å². The van der Waals surface area contributed by atoms with E-state index >= 15 is 0 Å². The fourth-order valence-electron chi connectivity index (χ4n) is 11.0. The van der Waals surface area contributed by atoms with Crippen molar-refractivity contribution in [2.24, 2.45) is 5.73 Å². The van der Waals surface area contributed by atoms with Crippen LogP contribution in [0.25, 0.3) is 0 Å². The molecule has 0 aliphatic heterocycles. The first-order valence-electron chi connectivity index (χ1n) is 34.2. The summed E-state index contributed by atoms with van der Waals surface area (Å²) in [7, 11) is 0. The normalized spacial score (nSPS) is 13.4. The highest BCUT2D eigenvalue weighted by molar-refractivity contribution is 5.83. The highest BCUT2D eigenvalue weighted by atomic mass is 16.3. The van der Waals surface area contributed by atoms with Crippen molar-refractivity contribution in [3.8, 4) is 0 Å². The average Bonchev–Trinajstić information content (AvgIpc) is 3.41. The van der Waals surface area contributed by atoms with Gasteiger partial charge in [0.2, 0.25) is 0 Å². The molecule has 74 heavy (non-hydrogen) atoms. The first kappa shape index (κ1) is 72.8. The van der Waals surface area contributed by atoms with Gasteiger partial charge in [0.05, 0.1) is 12.1 Å². The van der Waals surface area contributed by atoms with E-state index in [9.17, 15) is 15.0 Å². The van der Waals surface area contributed by atoms with Crippen LogP contribution in [0.1, 0.15) is 386 Å². The molecule has 0 bridgehead atoms. The number of rotatable bonds is 64. The van der Waals surface area contributed by atoms with Gasteiger partial charge in [0.25, 0.3) is 0 Å². The minimum atomic E-state index is -1.29. The minimum Gasteiger partial charge on any atom is -0.387 e. The monoisotopic (exact) mass is 1040 g/mol. The van der Waals surface area contributed by atoms with E-state index in [2.05, 4.69) is 38.2 Å². The topological polar surface area (TPSA) is 83.5 Å². The number of allylic oxidation sites excluding steroid dienone is 5. The molecule has 0 aromatic heterocycles. The molecule has 0 aliphatic carbocycles. The van der Waals surface area contributed by atoms with E-state index < -0.39 is 18.2 Å². The number of ketones is 1. The maximum absolute atomic E-state index is 12.5. The second-order valence-corrected chi connectivity index (χ2v) is 23.7. The zero-order valence-corrected chi connectivity index (χ0v) is 50.6. The van der Waals surface area contributed by atoms with Crippen LogP contribution in [0.2, 0.25) is 0 Å². The SMILES string of the molecule is CCCCC/C=C\C/C=C\CCCCCCCCCCCCCCCCCCCCCCCCCCCCCCCCCCCCCCCCCC(=O)C(O)[C@H](N)[C@H](O)/C=C/CCCCCCCCCCCCC. The number of aliphatic hydroxyl groups excluding tert-OH is 2. The molecule has 0 saturated heterocycles. The molecular formula is C70H135NO3. The van der Waals surface area contributed by atoms with Crippen LogP contribution >= 0.6 is 0 Å². The van der Waals surface area contributed by atoms with Gasteiger partial charge in [0.15, 0.2) is 5.78 Å². The Morgan fingerprint density at radius 3 is 0.811 bits per heavy atom. The van der Waals surface area contributed by atoms with Crippen molar-refractivity contribution in [3.63, 3.8) is 0 Å². The Morgan fingerprint density at radius 2 is 0.527 bits per heavy atom. The van der Waals surface area contributed by atoms with Crippen molar-refractivity contribution in [3.05, 3.63) is 36.5 Å². The van der Waals surface area contributed by atoms with Gasteiger partial charge in [-0.2, -0.15) is 0 Å². The molecular weight excluding hydrogens is 903 g/mol. The average molecular weight is 1040 g/mol. The van der Waals surface area contributed by atoms with E-state index in [1.807, 2.05) is 6.08 Å². The fraction of sp³-hybridized carbons (Fsp3) is 0.900. The van der Waals surface area contributed by atoms with E-state index in [0.29, 0.717) is 6.42 Å². The molecule has 0 heterocycles. The third-order valence-corrected chi connectivity index (χ3v) is 16.3. The molecule has 0 aliphatic rings. The summed E-state index contributed by atoms with van der Waals surface area (Å²) < 4.78 is 0. The first-order chi connectivity index (χ1) is 36.5. The van der Waals surface area contributed by atoms with E-state index in [1.54, 1.807) is 6.08 Å². The van der Waals surface area contributed by atoms with E-state index in [4.69, 9.17) is 5.73 Å². The van der Waals surface area contributed by atoms with Crippen molar-refractivity contribution in [1.29, 1.82) is 0 Å². The van der Waals surface area contributed by atoms with Crippen LogP contribution in [0.4, 0.5) is 0 Å². The molecule has 0 aromatic carbocycles. The van der Waals surface area contributed by atoms with Crippen LogP contribution in [0.5, 0.6) is 0 Å². The van der Waals surface area contributed by atoms with Crippen LogP contribution in [0, 0.1) is 0 Å². The Hall–Kier alpha value is -1.23. The van der Waals surface area contributed by atoms with E-state index in [1.165, 1.54) is 327 Å². The number of carbonyl (C=O) groups excluding carboxylic acids is 1. The van der Waals surface area contributed by atoms with Gasteiger partial charge in [-0.3, -0.25) is 4.79 Å². The van der Waals surface area contributed by atoms with Crippen LogP contribution in [0.15, 0.2) is 36.5 Å². The molecule has 0 rings (SSSR count). The lowest BCUT2D eigenvalue weighted by atomic mass is 9.97. The third kappa shape index (κ3) is 58.5. The van der Waals surface area contributed by atoms with Crippen LogP contribution in [0.3, 0.4) is 0 Å². The smallest absolute Gasteiger partial charge is 0.162 e. The quantitative estimate of drug-likeness (QED) is 0.0419. The lowest BCUT2D eigenvalue weighted by Gasteiger charge is -2.21. The van der Waals surface area contributed by atoms with Crippen LogP contribution < -0.4 is 5.73 Å². The van der Waals surface area contributed by atoms with Gasteiger partial charge in [0, 0.05) is 6.42 Å². The largest absolute Gasteiger partial charge is 0.387 e. The summed E-state index contributed by atoms with van der Waals surface area (Å²) in [4.78, 5) is 12.5. The van der Waals surface area contributed by atoms with Gasteiger partial charge in [-0.15, -0.1) is 0 Å². The van der Waals surface area contributed by atoms with Gasteiger partial charge < -0.3 is 15.9 Å². The molecule has 4 N–H and O–H groups in total. The molecule has 0 radical (unpaired) electrons. The Morgan fingerprint density at radius 1 is 0.311 bits per heavy atom. The van der Waals surface area contributed by atoms with E-state index in [-0.39, 0.29) is 5.78 Å². The second kappa shape index (κ2) is 64.3. The van der Waals surface area contributed by atoms with Crippen molar-refractivity contribution in [2.75, 3.05) is 0 Å². The number of hydrogen-bond acceptors (Lipinski definition) is 4. The third-order valence-electron chi connectivity index (χ3n) is 16.3. The first-order valence-corrected chi connectivity index (χ1v) is 34.2. The minimum absolute atomic E-state index is 0.230. The van der Waals surface area contributed by atoms with Gasteiger partial charge in [-0.05, 0) is 51.4 Å². The summed E-state index contributed by atoms with van der Waals surface area (Å²) in [6.07, 6.45) is 88.9. The summed E-state index contributed by atoms with van der Waals surface area (Å²) in [6.45, 7) is 4.54. The number of Topliss-reactive ketones (excluding diaryl/α,β-unsaturated/α-hetero) is 1. The highest BCUT2D eigenvalue weighted by Gasteiger charge is 2.26. The second-order valence-electron chi connectivity index (χ2n) is 23.7. The Kier molecular flexibility index (Phi) is 63.2. The van der Waals surface area contributed by atoms with Gasteiger partial charge in [-0.25, -0.2) is 0 Å². The van der Waals surface area contributed by atoms with Crippen molar-refractivity contribution < 1.29 is 15.0 Å². The molecule has 1 unspecified atom stereocenters. The Bertz CT molecular complexity index is 1150. The summed E-state index contributed by atoms with van der Waals surface area (Å²) in [5.41, 5.74) is 6.06. The molecule has 4 heteroatoms. The van der Waals surface area contributed by atoms with Crippen LogP contribution in [-0.2, 0) is 4.79 Å². The van der Waals surface area contributed by atoms with E-state index in [0.717, 1.165) is 38.5 Å². The molecule has 0 fully saturated rings. The van der Waals surface area contributed by atoms with Gasteiger partial charge in [0.1, 0.15) is 6.10 Å². The zero-order valence-electron chi connectivity index (χ0n) is 50.6. The molecule has 0 aromatic rings. The lowest BCUT2D eigenvalue weighted by molar-refractivity contribution is -0.129. The standard InChI is InChI=1S/C70H135NO3/c1-3-5-7-9-11-13-15-17-18-19-20-21-22-23-24-25-26-27-28-29-30-31-32-33-34-35-36-37-38-39-40-41-42-43-44-45-46-47-48-49-50-51-52-54-56-58-60-62-64-66-68(73)70(74)69(71)67(72)65-63-61-59-57-55-53-16-14-12-10-8-6-4-2/h11,13,17-18,63,65,67,69-70,72,74H,3-10,12,14-16,19-62,64,66,71H2,1-2H3/b13-11-,18-17-,65-63+/t67-,69-,70?/m1/s1. The number of aliphatic hydroxyl groups is 2. The number of nitrogens with two attached hydrogens (primary N) is 1. The predicted molar refractivity (Wildman–Crippen MR) is 332 cm³/mol. The van der Waals surface area contributed by atoms with Crippen molar-refractivity contribution >= 4 is 5.78 Å². The summed E-state index contributed by atoms with van der Waals surface area (Å²) in [5.74, 6) is -0.230. The molecule has 0 amide bonds. The predicted octanol–water partition coefficient (Wildman–Crippen LogP) is 22.9. The zero-order chi connectivity index (χ0) is 53.6. The molecule has 438 valence electrons. The Labute approximate surface area is 465 Å². The van der Waals surface area contributed by atoms with Crippen molar-refractivity contribution in [2.45, 2.75) is 405 Å². The summed E-state index contributed by atoms with van der Waals surface area (Å²) >= 11 is 0. The maximum atomic E-state index is 12.5. The van der Waals surface area contributed by atoms with Gasteiger partial charge >= 0.3 is 0 Å². The summed E-state index contributed by atoms with van der Waals surface area (Å²) in [6, 6.07) is -0.952. The molecule has 3 atom stereocenters. The summed E-state index contributed by atoms with van der Waals surface area (Å²) in [5, 5.41) is 20.9. The Balaban J connectivity index is 3.30. The fourth-order valence-corrected chi connectivity index (χ4v) is 11.0. The number of carbonyl (C=O) groups is 1. The molecule has 0 spiro atoms. The molecule has 0 saturated carbocycles. The van der Waals surface area contributed by atoms with Gasteiger partial charge in [-0.1, -0.05) is 365 Å². The maximum Gasteiger partial charge on any atom is 0.162 e. The molecule has 4 nitrogen and oxygen atoms in total. The number of unbranched alkanes of at least 4 members (excludes halogenated alkanes) is 53. The highest BCUT2D eigenvalue weighted by Crippen LogP contribution is 2.19. The lowest BCUT2D eigenvalue weighted by Crippen LogP contribution is -2.47. The number of hydrogen-bond donors (Lipinski definition) is 3.